The van der Waals surface area contributed by atoms with Gasteiger partial charge in [0.05, 0.1) is 18.1 Å². The molecule has 12 nitrogen and oxygen atoms in total. The van der Waals surface area contributed by atoms with E-state index in [0.29, 0.717) is 55.0 Å². The molecule has 1 aliphatic heterocycles. The van der Waals surface area contributed by atoms with Gasteiger partial charge in [-0.2, -0.15) is 14.6 Å². The Morgan fingerprint density at radius 1 is 1.30 bits per heavy atom. The lowest BCUT2D eigenvalue weighted by Crippen LogP contribution is -2.48. The highest BCUT2D eigenvalue weighted by Gasteiger charge is 2.33. The first-order chi connectivity index (χ1) is 17.5. The van der Waals surface area contributed by atoms with Crippen molar-refractivity contribution in [2.75, 3.05) is 37.8 Å². The Labute approximate surface area is 218 Å². The summed E-state index contributed by atoms with van der Waals surface area (Å²) in [4.78, 5) is 11.4. The molecule has 3 aromatic heterocycles. The number of anilines is 1. The summed E-state index contributed by atoms with van der Waals surface area (Å²) in [5.74, 6) is 1.27. The average Bonchev–Trinajstić information content (AvgIpc) is 3.50. The average molecular weight is 534 g/mol. The van der Waals surface area contributed by atoms with E-state index < -0.39 is 10.0 Å². The van der Waals surface area contributed by atoms with E-state index in [-0.39, 0.29) is 23.8 Å². The molecule has 0 saturated carbocycles. The zero-order chi connectivity index (χ0) is 26.7. The Hall–Kier alpha value is -2.77. The van der Waals surface area contributed by atoms with Gasteiger partial charge in [-0.25, -0.2) is 17.7 Å². The first kappa shape index (κ1) is 27.3. The normalized spacial score (nSPS) is 19.4. The van der Waals surface area contributed by atoms with E-state index in [1.54, 1.807) is 27.5 Å². The van der Waals surface area contributed by atoms with E-state index >= 15 is 0 Å². The highest BCUT2D eigenvalue weighted by atomic mass is 32.2. The number of nitrogens with one attached hydrogen (secondary N) is 2. The van der Waals surface area contributed by atoms with Gasteiger partial charge < -0.3 is 15.0 Å². The molecular formula is C24H39N9O3S. The molecule has 0 radical (unpaired) electrons. The van der Waals surface area contributed by atoms with E-state index in [1.165, 1.54) is 0 Å². The number of sulfonamides is 1. The number of hydrogen-bond donors (Lipinski definition) is 2. The van der Waals surface area contributed by atoms with E-state index in [1.807, 2.05) is 20.9 Å². The lowest BCUT2D eigenvalue weighted by atomic mass is 9.95. The highest BCUT2D eigenvalue weighted by molar-refractivity contribution is 7.89. The molecule has 4 rings (SSSR count). The minimum atomic E-state index is -3.29. The van der Waals surface area contributed by atoms with Crippen molar-refractivity contribution in [1.82, 2.24) is 39.0 Å². The summed E-state index contributed by atoms with van der Waals surface area (Å²) in [5, 5.41) is 14.8. The smallest absolute Gasteiger partial charge is 0.243 e. The second-order valence-electron chi connectivity index (χ2n) is 10.4. The van der Waals surface area contributed by atoms with Crippen molar-refractivity contribution >= 4 is 21.6 Å². The van der Waals surface area contributed by atoms with Crippen LogP contribution in [0.2, 0.25) is 0 Å². The summed E-state index contributed by atoms with van der Waals surface area (Å²) >= 11 is 0. The van der Waals surface area contributed by atoms with Crippen LogP contribution in [0.1, 0.15) is 47.5 Å². The Balaban J connectivity index is 1.44. The fourth-order valence-electron chi connectivity index (χ4n) is 4.45. The van der Waals surface area contributed by atoms with E-state index in [2.05, 4.69) is 51.3 Å². The number of aromatic amines is 1. The van der Waals surface area contributed by atoms with Gasteiger partial charge in [0.2, 0.25) is 21.6 Å². The molecule has 37 heavy (non-hydrogen) atoms. The molecule has 204 valence electrons. The van der Waals surface area contributed by atoms with Gasteiger partial charge in [0, 0.05) is 36.9 Å². The second-order valence-corrected chi connectivity index (χ2v) is 12.5. The maximum atomic E-state index is 13.0. The minimum absolute atomic E-state index is 0.0479. The molecule has 3 aromatic rings. The summed E-state index contributed by atoms with van der Waals surface area (Å²) < 4.78 is 35.2. The van der Waals surface area contributed by atoms with Crippen molar-refractivity contribution in [2.45, 2.75) is 65.6 Å². The molecular weight excluding hydrogens is 494 g/mol. The lowest BCUT2D eigenvalue weighted by molar-refractivity contribution is 0.244. The van der Waals surface area contributed by atoms with Gasteiger partial charge in [-0.1, -0.05) is 6.92 Å². The molecule has 1 aliphatic rings. The molecule has 2 N–H and O–H groups in total. The number of H-pyrrole nitrogens is 1. The number of ether oxygens (including phenoxy) is 1. The fourth-order valence-corrected chi connectivity index (χ4v) is 6.05. The third-order valence-corrected chi connectivity index (χ3v) is 8.76. The quantitative estimate of drug-likeness (QED) is 0.381. The first-order valence-electron chi connectivity index (χ1n) is 12.9. The van der Waals surface area contributed by atoms with E-state index in [4.69, 9.17) is 9.72 Å². The first-order valence-corrected chi connectivity index (χ1v) is 14.5. The van der Waals surface area contributed by atoms with Crippen molar-refractivity contribution in [1.29, 1.82) is 0 Å². The van der Waals surface area contributed by atoms with Crippen molar-refractivity contribution in [3.63, 3.8) is 0 Å². The minimum Gasteiger partial charge on any atom is -0.485 e. The van der Waals surface area contributed by atoms with Crippen molar-refractivity contribution in [3.05, 3.63) is 18.7 Å². The molecule has 0 amide bonds. The number of nitrogens with zero attached hydrogens (tertiary/aromatic N) is 7. The predicted molar refractivity (Wildman–Crippen MR) is 143 cm³/mol. The Morgan fingerprint density at radius 3 is 2.73 bits per heavy atom. The highest BCUT2D eigenvalue weighted by Crippen LogP contribution is 2.32. The lowest BCUT2D eigenvalue weighted by Gasteiger charge is -2.36. The van der Waals surface area contributed by atoms with Crippen LogP contribution in [0.25, 0.3) is 16.9 Å². The fraction of sp³-hybridized carbons (Fsp3) is 0.667. The van der Waals surface area contributed by atoms with Crippen LogP contribution in [-0.2, 0) is 10.0 Å². The van der Waals surface area contributed by atoms with Gasteiger partial charge in [0.15, 0.2) is 5.75 Å². The Bertz CT molecular complexity index is 1270. The maximum Gasteiger partial charge on any atom is 0.243 e. The van der Waals surface area contributed by atoms with Gasteiger partial charge in [-0.05, 0) is 60.0 Å². The zero-order valence-corrected chi connectivity index (χ0v) is 23.4. The summed E-state index contributed by atoms with van der Waals surface area (Å²) in [6, 6.07) is 0.450. The summed E-state index contributed by atoms with van der Waals surface area (Å²) in [6.07, 6.45) is 6.28. The Morgan fingerprint density at radius 2 is 2.08 bits per heavy atom. The number of rotatable bonds is 11. The molecule has 0 bridgehead atoms. The van der Waals surface area contributed by atoms with Crippen LogP contribution in [0, 0.1) is 5.92 Å². The van der Waals surface area contributed by atoms with E-state index in [0.717, 1.165) is 12.1 Å². The maximum absolute atomic E-state index is 13.0. The molecule has 0 aromatic carbocycles. The molecule has 4 heterocycles. The third-order valence-electron chi connectivity index (χ3n) is 6.84. The van der Waals surface area contributed by atoms with Gasteiger partial charge in [-0.15, -0.1) is 5.10 Å². The summed E-state index contributed by atoms with van der Waals surface area (Å²) in [6.45, 7) is 11.9. The summed E-state index contributed by atoms with van der Waals surface area (Å²) in [5.41, 5.74) is 2.00. The molecule has 1 saturated heterocycles. The number of piperidine rings is 1. The molecule has 1 fully saturated rings. The van der Waals surface area contributed by atoms with Crippen molar-refractivity contribution < 1.29 is 13.2 Å². The van der Waals surface area contributed by atoms with Crippen LogP contribution in [0.5, 0.6) is 5.75 Å². The van der Waals surface area contributed by atoms with Crippen molar-refractivity contribution in [2.24, 2.45) is 5.92 Å². The largest absolute Gasteiger partial charge is 0.485 e. The standard InChI is InChI=1S/C24H39N9O3S/c1-16(2)31(6)9-7-11-37(34,35)32-10-8-20(18(5)14-32)28-24-29-23-22(36-17(3)4)21(19-12-26-27-13-19)25-15-33(23)30-24/h12-13,15-18,20H,7-11,14H2,1-6H3,(H,26,27)(H,28,30)/t18-,20?/m1/s1. The van der Waals surface area contributed by atoms with E-state index in [9.17, 15) is 8.42 Å². The number of aromatic nitrogens is 6. The van der Waals surface area contributed by atoms with Crippen LogP contribution >= 0.6 is 0 Å². The zero-order valence-electron chi connectivity index (χ0n) is 22.5. The van der Waals surface area contributed by atoms with Crippen LogP contribution < -0.4 is 10.1 Å². The molecule has 13 heteroatoms. The van der Waals surface area contributed by atoms with Gasteiger partial charge >= 0.3 is 0 Å². The molecule has 1 unspecified atom stereocenters. The second kappa shape index (κ2) is 11.3. The van der Waals surface area contributed by atoms with Gasteiger partial charge in [0.25, 0.3) is 0 Å². The number of fused-ring (bicyclic) bond motifs is 1. The number of hydrogen-bond acceptors (Lipinski definition) is 9. The van der Waals surface area contributed by atoms with Gasteiger partial charge in [-0.3, -0.25) is 5.10 Å². The molecule has 2 atom stereocenters. The van der Waals surface area contributed by atoms with Crippen LogP contribution in [0.3, 0.4) is 0 Å². The van der Waals surface area contributed by atoms with Crippen LogP contribution in [-0.4, -0.2) is 98.0 Å². The predicted octanol–water partition coefficient (Wildman–Crippen LogP) is 2.48. The molecule has 0 spiro atoms. The van der Waals surface area contributed by atoms with Crippen LogP contribution in [0.4, 0.5) is 5.95 Å². The Kier molecular flexibility index (Phi) is 8.34. The SMILES string of the molecule is CC(C)Oc1c(-c2cn[nH]c2)ncn2nc(NC3CCN(S(=O)(=O)CCCN(C)C(C)C)C[C@H]3C)nc12. The topological polar surface area (TPSA) is 134 Å². The monoisotopic (exact) mass is 533 g/mol. The summed E-state index contributed by atoms with van der Waals surface area (Å²) in [7, 11) is -1.26. The van der Waals surface area contributed by atoms with Gasteiger partial charge in [0.1, 0.15) is 12.0 Å². The third kappa shape index (κ3) is 6.39. The molecule has 0 aliphatic carbocycles. The van der Waals surface area contributed by atoms with Crippen molar-refractivity contribution in [3.8, 4) is 17.0 Å². The van der Waals surface area contributed by atoms with Crippen LogP contribution in [0.15, 0.2) is 18.7 Å².